The number of amides is 2. The van der Waals surface area contributed by atoms with Crippen molar-refractivity contribution in [3.63, 3.8) is 0 Å². The molecule has 1 atom stereocenters. The van der Waals surface area contributed by atoms with E-state index in [1.807, 2.05) is 26.0 Å². The third-order valence-electron chi connectivity index (χ3n) is 5.69. The zero-order chi connectivity index (χ0) is 22.1. The molecule has 1 aromatic heterocycles. The predicted molar refractivity (Wildman–Crippen MR) is 127 cm³/mol. The Bertz CT molecular complexity index is 1110. The van der Waals surface area contributed by atoms with Gasteiger partial charge in [0.2, 0.25) is 0 Å². The van der Waals surface area contributed by atoms with Gasteiger partial charge in [0.15, 0.2) is 0 Å². The third-order valence-corrected chi connectivity index (χ3v) is 6.85. The lowest BCUT2D eigenvalue weighted by molar-refractivity contribution is -0.112. The average Bonchev–Trinajstić information content (AvgIpc) is 3.39. The van der Waals surface area contributed by atoms with Gasteiger partial charge in [-0.3, -0.25) is 14.5 Å². The molecular weight excluding hydrogens is 505 g/mol. The van der Waals surface area contributed by atoms with Gasteiger partial charge in [-0.2, -0.15) is 0 Å². The van der Waals surface area contributed by atoms with Crippen molar-refractivity contribution in [2.45, 2.75) is 46.3 Å². The number of pyridine rings is 1. The van der Waals surface area contributed by atoms with E-state index in [4.69, 9.17) is 4.74 Å². The normalized spacial score (nSPS) is 17.4. The number of aromatic nitrogens is 1. The van der Waals surface area contributed by atoms with Crippen LogP contribution in [0.2, 0.25) is 0 Å². The first kappa shape index (κ1) is 21.8. The number of carbonyl (C=O) groups is 2. The molecule has 0 spiro atoms. The molecule has 2 aliphatic rings. The molecule has 2 amide bonds. The Morgan fingerprint density at radius 2 is 2.19 bits per heavy atom. The summed E-state index contributed by atoms with van der Waals surface area (Å²) in [5.74, 6) is 5.27. The van der Waals surface area contributed by atoms with Gasteiger partial charge in [0.05, 0.1) is 11.8 Å². The summed E-state index contributed by atoms with van der Waals surface area (Å²) in [5.41, 5.74) is 3.99. The highest BCUT2D eigenvalue weighted by molar-refractivity contribution is 14.1. The smallest absolute Gasteiger partial charge is 0.308 e. The molecular formula is C24H24IN3O3. The lowest BCUT2D eigenvalue weighted by Gasteiger charge is -2.26. The van der Waals surface area contributed by atoms with Gasteiger partial charge in [0, 0.05) is 34.4 Å². The summed E-state index contributed by atoms with van der Waals surface area (Å²) >= 11 is 2.31. The number of fused-ring (bicyclic) bond motifs is 1. The summed E-state index contributed by atoms with van der Waals surface area (Å²) < 4.78 is 7.07. The third kappa shape index (κ3) is 4.06. The minimum Gasteiger partial charge on any atom is -0.373 e. The van der Waals surface area contributed by atoms with Crippen LogP contribution in [-0.2, 0) is 16.1 Å². The van der Waals surface area contributed by atoms with Crippen LogP contribution in [0.4, 0.5) is 11.5 Å². The topological polar surface area (TPSA) is 62.7 Å². The average molecular weight is 529 g/mol. The molecule has 0 N–H and O–H groups in total. The number of hydrogen-bond acceptors (Lipinski definition) is 4. The quantitative estimate of drug-likeness (QED) is 0.432. The fraction of sp³-hybridized carbons (Fsp3) is 0.375. The van der Waals surface area contributed by atoms with Crippen molar-refractivity contribution in [3.05, 3.63) is 50.2 Å². The van der Waals surface area contributed by atoms with Crippen molar-refractivity contribution in [2.75, 3.05) is 18.1 Å². The molecule has 0 unspecified atom stereocenters. The monoisotopic (exact) mass is 529 g/mol. The Hall–Kier alpha value is -2.44. The van der Waals surface area contributed by atoms with Crippen LogP contribution in [0.3, 0.4) is 0 Å². The zero-order valence-corrected chi connectivity index (χ0v) is 20.0. The van der Waals surface area contributed by atoms with Crippen LogP contribution in [0.5, 0.6) is 0 Å². The number of carbonyl (C=O) groups excluding carboxylic acids is 2. The van der Waals surface area contributed by atoms with E-state index in [1.165, 1.54) is 4.90 Å². The second kappa shape index (κ2) is 8.97. The molecule has 1 aromatic carbocycles. The zero-order valence-electron chi connectivity index (χ0n) is 17.9. The number of nitrogens with zero attached hydrogens (tertiary/aromatic N) is 3. The van der Waals surface area contributed by atoms with Crippen LogP contribution >= 0.6 is 22.6 Å². The Balaban J connectivity index is 1.87. The van der Waals surface area contributed by atoms with Crippen LogP contribution in [0.25, 0.3) is 0 Å². The number of rotatable bonds is 4. The SMILES string of the molecule is CC#CC(=O)N(c1ccc2c(n1)C(=O)N(CC)C2)c1cc(C)c(I)cc1[C@@H]1CCCO1. The second-order valence-corrected chi connectivity index (χ2v) is 8.84. The first-order valence-electron chi connectivity index (χ1n) is 10.4. The Labute approximate surface area is 196 Å². The van der Waals surface area contributed by atoms with Crippen LogP contribution in [-0.4, -0.2) is 34.8 Å². The van der Waals surface area contributed by atoms with Crippen molar-refractivity contribution in [2.24, 2.45) is 0 Å². The standard InChI is InChI=1S/C24H24IN3O3/c1-4-7-22(29)28(21-10-9-16-14-27(5-2)24(30)23(16)26-21)19-12-15(3)18(25)13-17(19)20-8-6-11-31-20/h9-10,12-13,20H,5-6,8,11,14H2,1-3H3/t20-/m0/s1. The van der Waals surface area contributed by atoms with Crippen molar-refractivity contribution in [3.8, 4) is 11.8 Å². The summed E-state index contributed by atoms with van der Waals surface area (Å²) in [6.07, 6.45) is 1.80. The van der Waals surface area contributed by atoms with E-state index in [0.29, 0.717) is 36.9 Å². The van der Waals surface area contributed by atoms with E-state index in [2.05, 4.69) is 45.5 Å². The highest BCUT2D eigenvalue weighted by Crippen LogP contribution is 2.40. The molecule has 6 nitrogen and oxygen atoms in total. The molecule has 0 radical (unpaired) electrons. The summed E-state index contributed by atoms with van der Waals surface area (Å²) in [4.78, 5) is 33.8. The van der Waals surface area contributed by atoms with E-state index >= 15 is 0 Å². The summed E-state index contributed by atoms with van der Waals surface area (Å²) in [7, 11) is 0. The first-order valence-corrected chi connectivity index (χ1v) is 11.5. The molecule has 1 saturated heterocycles. The van der Waals surface area contributed by atoms with Crippen LogP contribution in [0, 0.1) is 22.3 Å². The lowest BCUT2D eigenvalue weighted by atomic mass is 10.0. The molecule has 4 rings (SSSR count). The molecule has 3 heterocycles. The largest absolute Gasteiger partial charge is 0.373 e. The van der Waals surface area contributed by atoms with Crippen LogP contribution in [0.1, 0.15) is 60.0 Å². The van der Waals surface area contributed by atoms with Crippen molar-refractivity contribution < 1.29 is 14.3 Å². The van der Waals surface area contributed by atoms with E-state index < -0.39 is 0 Å². The maximum Gasteiger partial charge on any atom is 0.308 e. The van der Waals surface area contributed by atoms with E-state index in [9.17, 15) is 9.59 Å². The fourth-order valence-corrected chi connectivity index (χ4v) is 4.54. The molecule has 31 heavy (non-hydrogen) atoms. The van der Waals surface area contributed by atoms with E-state index in [-0.39, 0.29) is 17.9 Å². The van der Waals surface area contributed by atoms with Crippen LogP contribution < -0.4 is 4.90 Å². The minimum atomic E-state index is -0.382. The molecule has 160 valence electrons. The van der Waals surface area contributed by atoms with Crippen molar-refractivity contribution in [1.82, 2.24) is 9.88 Å². The van der Waals surface area contributed by atoms with E-state index in [0.717, 1.165) is 33.1 Å². The molecule has 7 heteroatoms. The molecule has 2 aromatic rings. The van der Waals surface area contributed by atoms with Gasteiger partial charge in [0.1, 0.15) is 11.5 Å². The Morgan fingerprint density at radius 1 is 1.39 bits per heavy atom. The molecule has 0 aliphatic carbocycles. The summed E-state index contributed by atoms with van der Waals surface area (Å²) in [5, 5.41) is 0. The van der Waals surface area contributed by atoms with Crippen LogP contribution in [0.15, 0.2) is 24.3 Å². The lowest BCUT2D eigenvalue weighted by Crippen LogP contribution is -2.28. The Kier molecular flexibility index (Phi) is 6.30. The van der Waals surface area contributed by atoms with Crippen molar-refractivity contribution in [1.29, 1.82) is 0 Å². The number of anilines is 2. The number of aryl methyl sites for hydroxylation is 1. The fourth-order valence-electron chi connectivity index (χ4n) is 4.05. The maximum absolute atomic E-state index is 13.2. The number of benzene rings is 1. The van der Waals surface area contributed by atoms with Gasteiger partial charge >= 0.3 is 5.91 Å². The molecule has 1 fully saturated rings. The predicted octanol–water partition coefficient (Wildman–Crippen LogP) is 4.51. The number of halogens is 1. The summed E-state index contributed by atoms with van der Waals surface area (Å²) in [6, 6.07) is 7.75. The second-order valence-electron chi connectivity index (χ2n) is 7.67. The van der Waals surface area contributed by atoms with E-state index in [1.54, 1.807) is 17.9 Å². The minimum absolute atomic E-state index is 0.0827. The molecule has 2 aliphatic heterocycles. The molecule has 0 bridgehead atoms. The van der Waals surface area contributed by atoms with Gasteiger partial charge in [0.25, 0.3) is 5.91 Å². The van der Waals surface area contributed by atoms with Gasteiger partial charge in [-0.15, -0.1) is 0 Å². The first-order chi connectivity index (χ1) is 14.9. The Morgan fingerprint density at radius 3 is 2.87 bits per heavy atom. The van der Waals surface area contributed by atoms with Crippen molar-refractivity contribution >= 4 is 45.9 Å². The number of hydrogen-bond donors (Lipinski definition) is 0. The maximum atomic E-state index is 13.2. The highest BCUT2D eigenvalue weighted by Gasteiger charge is 2.32. The molecule has 0 saturated carbocycles. The van der Waals surface area contributed by atoms with Gasteiger partial charge in [-0.1, -0.05) is 12.0 Å². The summed E-state index contributed by atoms with van der Waals surface area (Å²) in [6.45, 7) is 7.46. The highest BCUT2D eigenvalue weighted by atomic mass is 127. The van der Waals surface area contributed by atoms with Gasteiger partial charge in [-0.25, -0.2) is 4.98 Å². The number of ether oxygens (including phenoxy) is 1. The van der Waals surface area contributed by atoms with Gasteiger partial charge < -0.3 is 9.64 Å². The van der Waals surface area contributed by atoms with Gasteiger partial charge in [-0.05, 0) is 85.9 Å².